The van der Waals surface area contributed by atoms with Crippen molar-refractivity contribution in [2.45, 2.75) is 32.2 Å². The van der Waals surface area contributed by atoms with Crippen molar-refractivity contribution in [3.63, 3.8) is 0 Å². The van der Waals surface area contributed by atoms with Gasteiger partial charge in [-0.25, -0.2) is 18.8 Å². The van der Waals surface area contributed by atoms with Crippen LogP contribution in [0.1, 0.15) is 23.9 Å². The van der Waals surface area contributed by atoms with Crippen LogP contribution in [0, 0.1) is 13.8 Å². The fourth-order valence-corrected chi connectivity index (χ4v) is 4.55. The molecule has 174 valence electrons. The van der Waals surface area contributed by atoms with Crippen LogP contribution in [0.2, 0.25) is 0 Å². The maximum atomic E-state index is 12.6. The maximum Gasteiger partial charge on any atom is 0.261 e. The summed E-state index contributed by atoms with van der Waals surface area (Å²) in [5, 5.41) is 4.19. The molecule has 4 aromatic rings. The van der Waals surface area contributed by atoms with Crippen LogP contribution >= 0.6 is 0 Å². The average molecular weight is 476 g/mol. The van der Waals surface area contributed by atoms with Gasteiger partial charge in [-0.15, -0.1) is 0 Å². The lowest BCUT2D eigenvalue weighted by molar-refractivity contribution is -0.121. The van der Waals surface area contributed by atoms with Crippen LogP contribution in [0.15, 0.2) is 82.8 Å². The van der Waals surface area contributed by atoms with Crippen molar-refractivity contribution in [1.82, 2.24) is 15.0 Å². The molecule has 34 heavy (non-hydrogen) atoms. The summed E-state index contributed by atoms with van der Waals surface area (Å²) in [6, 6.07) is 21.1. The van der Waals surface area contributed by atoms with Crippen molar-refractivity contribution in [2.75, 3.05) is 4.72 Å². The third-order valence-electron chi connectivity index (χ3n) is 5.38. The summed E-state index contributed by atoms with van der Waals surface area (Å²) in [4.78, 5) is 17.1. The number of hydrogen-bond donors (Lipinski definition) is 2. The van der Waals surface area contributed by atoms with Gasteiger partial charge in [0.25, 0.3) is 15.9 Å². The second kappa shape index (κ2) is 9.48. The maximum absolute atomic E-state index is 12.6. The van der Waals surface area contributed by atoms with Crippen LogP contribution in [0.25, 0.3) is 11.0 Å². The minimum atomic E-state index is -3.67. The number of nitrogens with one attached hydrogen (secondary N) is 2. The molecule has 4 rings (SSSR count). The summed E-state index contributed by atoms with van der Waals surface area (Å²) < 4.78 is 29.5. The molecule has 1 heterocycles. The zero-order chi connectivity index (χ0) is 24.3. The Morgan fingerprint density at radius 1 is 0.971 bits per heavy atom. The third kappa shape index (κ3) is 5.15. The highest BCUT2D eigenvalue weighted by Crippen LogP contribution is 2.18. The van der Waals surface area contributed by atoms with E-state index in [1.54, 1.807) is 55.5 Å². The molecule has 0 fully saturated rings. The van der Waals surface area contributed by atoms with Gasteiger partial charge >= 0.3 is 0 Å². The Kier molecular flexibility index (Phi) is 6.47. The molecule has 0 bridgehead atoms. The molecule has 0 saturated carbocycles. The van der Waals surface area contributed by atoms with E-state index in [1.807, 2.05) is 42.7 Å². The first-order chi connectivity index (χ1) is 16.2. The van der Waals surface area contributed by atoms with E-state index in [1.165, 1.54) is 0 Å². The van der Waals surface area contributed by atoms with Gasteiger partial charge < -0.3 is 4.57 Å². The highest BCUT2D eigenvalue weighted by molar-refractivity contribution is 7.92. The number of hydrogen-bond acceptors (Lipinski definition) is 5. The lowest BCUT2D eigenvalue weighted by Crippen LogP contribution is -2.24. The minimum absolute atomic E-state index is 0.100. The van der Waals surface area contributed by atoms with Crippen molar-refractivity contribution < 1.29 is 13.2 Å². The SMILES string of the molecule is C/C(=N\NC(=O)Cn1c(C)nc2ccccc21)c1ccc(NS(=O)(=O)c2ccc(C)cc2)cc1. The number of aromatic nitrogens is 2. The molecule has 0 aliphatic carbocycles. The summed E-state index contributed by atoms with van der Waals surface area (Å²) in [5.74, 6) is 0.480. The summed E-state index contributed by atoms with van der Waals surface area (Å²) in [7, 11) is -3.67. The van der Waals surface area contributed by atoms with E-state index < -0.39 is 10.0 Å². The monoisotopic (exact) mass is 475 g/mol. The highest BCUT2D eigenvalue weighted by Gasteiger charge is 2.14. The van der Waals surface area contributed by atoms with Crippen molar-refractivity contribution in [1.29, 1.82) is 0 Å². The number of anilines is 1. The molecule has 0 radical (unpaired) electrons. The number of benzene rings is 3. The Hall–Kier alpha value is -3.98. The Morgan fingerprint density at radius 2 is 1.65 bits per heavy atom. The molecule has 0 unspecified atom stereocenters. The van der Waals surface area contributed by atoms with Crippen molar-refractivity contribution in [2.24, 2.45) is 5.10 Å². The van der Waals surface area contributed by atoms with Gasteiger partial charge in [0.2, 0.25) is 0 Å². The van der Waals surface area contributed by atoms with E-state index >= 15 is 0 Å². The minimum Gasteiger partial charge on any atom is -0.319 e. The van der Waals surface area contributed by atoms with Crippen LogP contribution in [-0.4, -0.2) is 29.6 Å². The van der Waals surface area contributed by atoms with Gasteiger partial charge in [0.15, 0.2) is 0 Å². The van der Waals surface area contributed by atoms with E-state index in [0.717, 1.165) is 28.0 Å². The second-order valence-corrected chi connectivity index (χ2v) is 9.64. The number of hydrazone groups is 1. The first-order valence-corrected chi connectivity index (χ1v) is 12.2. The predicted octanol–water partition coefficient (Wildman–Crippen LogP) is 3.99. The smallest absolute Gasteiger partial charge is 0.261 e. The summed E-state index contributed by atoms with van der Waals surface area (Å²) in [5.41, 5.74) is 7.07. The molecule has 0 aliphatic heterocycles. The quantitative estimate of drug-likeness (QED) is 0.311. The van der Waals surface area contributed by atoms with Crippen molar-refractivity contribution >= 4 is 38.4 Å². The standard InChI is InChI=1S/C25H25N5O3S/c1-17-8-14-22(15-9-17)34(32,33)29-21-12-10-20(11-13-21)18(2)27-28-25(31)16-30-19(3)26-23-6-4-5-7-24(23)30/h4-15,29H,16H2,1-3H3,(H,28,31)/b27-18+. The lowest BCUT2D eigenvalue weighted by Gasteiger charge is -2.09. The number of carbonyl (C=O) groups excluding carboxylic acids is 1. The van der Waals surface area contributed by atoms with E-state index in [0.29, 0.717) is 11.4 Å². The molecule has 0 spiro atoms. The van der Waals surface area contributed by atoms with Crippen LogP contribution in [0.4, 0.5) is 5.69 Å². The Balaban J connectivity index is 1.40. The second-order valence-electron chi connectivity index (χ2n) is 7.96. The number of fused-ring (bicyclic) bond motifs is 1. The van der Waals surface area contributed by atoms with Crippen LogP contribution in [0.3, 0.4) is 0 Å². The molecule has 2 N–H and O–H groups in total. The molecular weight excluding hydrogens is 450 g/mol. The number of aryl methyl sites for hydroxylation is 2. The molecule has 0 atom stereocenters. The zero-order valence-corrected chi connectivity index (χ0v) is 19.9. The fraction of sp³-hybridized carbons (Fsp3) is 0.160. The van der Waals surface area contributed by atoms with E-state index in [2.05, 4.69) is 20.2 Å². The number of carbonyl (C=O) groups is 1. The van der Waals surface area contributed by atoms with Gasteiger partial charge in [-0.3, -0.25) is 9.52 Å². The Morgan fingerprint density at radius 3 is 2.35 bits per heavy atom. The largest absolute Gasteiger partial charge is 0.319 e. The lowest BCUT2D eigenvalue weighted by atomic mass is 10.1. The number of nitrogens with zero attached hydrogens (tertiary/aromatic N) is 3. The average Bonchev–Trinajstić information content (AvgIpc) is 3.13. The van der Waals surface area contributed by atoms with E-state index in [-0.39, 0.29) is 17.3 Å². The number of sulfonamides is 1. The fourth-order valence-electron chi connectivity index (χ4n) is 3.50. The first-order valence-electron chi connectivity index (χ1n) is 10.7. The van der Waals surface area contributed by atoms with Gasteiger partial charge in [0, 0.05) is 5.69 Å². The molecule has 0 saturated heterocycles. The van der Waals surface area contributed by atoms with E-state index in [4.69, 9.17) is 0 Å². The van der Waals surface area contributed by atoms with E-state index in [9.17, 15) is 13.2 Å². The molecule has 1 amide bonds. The predicted molar refractivity (Wildman–Crippen MR) is 133 cm³/mol. The van der Waals surface area contributed by atoms with Crippen LogP contribution < -0.4 is 10.1 Å². The van der Waals surface area contributed by atoms with Gasteiger partial charge in [0.05, 0.1) is 21.6 Å². The number of rotatable bonds is 7. The summed E-state index contributed by atoms with van der Waals surface area (Å²) >= 11 is 0. The number of amides is 1. The Bertz CT molecular complexity index is 1470. The third-order valence-corrected chi connectivity index (χ3v) is 6.78. The van der Waals surface area contributed by atoms with Gasteiger partial charge in [-0.2, -0.15) is 5.10 Å². The topological polar surface area (TPSA) is 105 Å². The van der Waals surface area contributed by atoms with Crippen LogP contribution in [-0.2, 0) is 21.4 Å². The number of para-hydroxylation sites is 2. The van der Waals surface area contributed by atoms with Gasteiger partial charge in [0.1, 0.15) is 12.4 Å². The molecule has 0 aliphatic rings. The van der Waals surface area contributed by atoms with Crippen molar-refractivity contribution in [3.05, 3.63) is 89.7 Å². The molecule has 8 nitrogen and oxygen atoms in total. The zero-order valence-electron chi connectivity index (χ0n) is 19.1. The number of imidazole rings is 1. The van der Waals surface area contributed by atoms with Gasteiger partial charge in [-0.05, 0) is 62.7 Å². The molecule has 1 aromatic heterocycles. The first kappa shape index (κ1) is 23.2. The molecular formula is C25H25N5O3S. The Labute approximate surface area is 198 Å². The summed E-state index contributed by atoms with van der Waals surface area (Å²) in [6.45, 7) is 5.62. The van der Waals surface area contributed by atoms with Crippen molar-refractivity contribution in [3.8, 4) is 0 Å². The normalized spacial score (nSPS) is 12.0. The highest BCUT2D eigenvalue weighted by atomic mass is 32.2. The molecule has 9 heteroatoms. The molecule has 3 aromatic carbocycles. The van der Waals surface area contributed by atoms with Crippen LogP contribution in [0.5, 0.6) is 0 Å². The van der Waals surface area contributed by atoms with Gasteiger partial charge in [-0.1, -0.05) is 42.0 Å². The summed E-state index contributed by atoms with van der Waals surface area (Å²) in [6.07, 6.45) is 0.